The lowest BCUT2D eigenvalue weighted by Crippen LogP contribution is -2.49. The fourth-order valence-electron chi connectivity index (χ4n) is 3.92. The number of hydrogen-bond donors (Lipinski definition) is 1. The van der Waals surface area contributed by atoms with Crippen molar-refractivity contribution in [2.75, 3.05) is 0 Å². The molecule has 0 fully saturated rings. The molecule has 0 heterocycles. The molecule has 0 aliphatic rings. The Morgan fingerprint density at radius 1 is 0.788 bits per heavy atom. The summed E-state index contributed by atoms with van der Waals surface area (Å²) >= 11 is 0. The lowest BCUT2D eigenvalue weighted by Gasteiger charge is -2.31. The first-order valence-corrected chi connectivity index (χ1v) is 11.7. The fraction of sp³-hybridized carbons (Fsp3) is 0.310. The molecular formula is C29H34N2O2. The Bertz CT molecular complexity index is 966. The summed E-state index contributed by atoms with van der Waals surface area (Å²) in [6.07, 6.45) is 1.14. The topological polar surface area (TPSA) is 49.4 Å². The number of rotatable bonds is 10. The molecule has 0 aliphatic carbocycles. The van der Waals surface area contributed by atoms with E-state index in [4.69, 9.17) is 0 Å². The molecule has 0 spiro atoms. The van der Waals surface area contributed by atoms with Crippen LogP contribution < -0.4 is 5.32 Å². The largest absolute Gasteiger partial charge is 0.352 e. The molecule has 4 heteroatoms. The van der Waals surface area contributed by atoms with Gasteiger partial charge in [-0.1, -0.05) is 97.9 Å². The highest BCUT2D eigenvalue weighted by atomic mass is 16.2. The molecule has 0 saturated carbocycles. The molecule has 2 amide bonds. The van der Waals surface area contributed by atoms with Gasteiger partial charge in [0.25, 0.3) is 0 Å². The number of amides is 2. The van der Waals surface area contributed by atoms with Gasteiger partial charge in [0, 0.05) is 24.9 Å². The number of nitrogens with one attached hydrogen (secondary N) is 1. The Morgan fingerprint density at radius 3 is 1.76 bits per heavy atom. The van der Waals surface area contributed by atoms with Crippen molar-refractivity contribution in [2.45, 2.75) is 58.2 Å². The highest BCUT2D eigenvalue weighted by Gasteiger charge is 2.29. The molecule has 1 N–H and O–H groups in total. The first kappa shape index (κ1) is 24.2. The van der Waals surface area contributed by atoms with Crippen molar-refractivity contribution >= 4 is 11.8 Å². The van der Waals surface area contributed by atoms with Gasteiger partial charge in [-0.05, 0) is 37.0 Å². The molecule has 4 nitrogen and oxygen atoms in total. The molecule has 0 aromatic heterocycles. The summed E-state index contributed by atoms with van der Waals surface area (Å²) in [4.78, 5) is 28.4. The van der Waals surface area contributed by atoms with E-state index in [1.54, 1.807) is 4.90 Å². The third kappa shape index (κ3) is 6.79. The second kappa shape index (κ2) is 12.0. The van der Waals surface area contributed by atoms with Crippen molar-refractivity contribution < 1.29 is 9.59 Å². The van der Waals surface area contributed by atoms with E-state index in [0.29, 0.717) is 13.0 Å². The predicted octanol–water partition coefficient (Wildman–Crippen LogP) is 5.54. The summed E-state index contributed by atoms with van der Waals surface area (Å²) in [6.45, 7) is 6.23. The van der Waals surface area contributed by atoms with Crippen LogP contribution in [0.25, 0.3) is 0 Å². The minimum Gasteiger partial charge on any atom is -0.352 e. The number of hydrogen-bond acceptors (Lipinski definition) is 2. The Morgan fingerprint density at radius 2 is 1.27 bits per heavy atom. The van der Waals surface area contributed by atoms with E-state index in [0.717, 1.165) is 23.1 Å². The lowest BCUT2D eigenvalue weighted by atomic mass is 9.88. The highest BCUT2D eigenvalue weighted by molar-refractivity contribution is 5.88. The van der Waals surface area contributed by atoms with E-state index in [9.17, 15) is 9.59 Å². The molecule has 33 heavy (non-hydrogen) atoms. The van der Waals surface area contributed by atoms with Crippen LogP contribution in [-0.4, -0.2) is 28.8 Å². The number of benzene rings is 3. The van der Waals surface area contributed by atoms with Crippen LogP contribution in [0.4, 0.5) is 0 Å². The van der Waals surface area contributed by atoms with Crippen molar-refractivity contribution in [3.05, 3.63) is 108 Å². The summed E-state index contributed by atoms with van der Waals surface area (Å²) in [7, 11) is 0. The Labute approximate surface area is 197 Å². The summed E-state index contributed by atoms with van der Waals surface area (Å²) < 4.78 is 0. The van der Waals surface area contributed by atoms with Gasteiger partial charge < -0.3 is 10.2 Å². The zero-order valence-corrected chi connectivity index (χ0v) is 19.8. The molecule has 3 rings (SSSR count). The van der Waals surface area contributed by atoms with E-state index in [1.165, 1.54) is 0 Å². The zero-order valence-electron chi connectivity index (χ0n) is 19.8. The predicted molar refractivity (Wildman–Crippen MR) is 134 cm³/mol. The normalized spacial score (nSPS) is 12.7. The second-order valence-corrected chi connectivity index (χ2v) is 8.58. The van der Waals surface area contributed by atoms with Crippen LogP contribution in [0.15, 0.2) is 91.0 Å². The Balaban J connectivity index is 1.89. The maximum Gasteiger partial charge on any atom is 0.242 e. The molecule has 2 unspecified atom stereocenters. The minimum absolute atomic E-state index is 0.0386. The Kier molecular flexibility index (Phi) is 8.82. The number of nitrogens with zero attached hydrogens (tertiary/aromatic N) is 1. The number of carbonyl (C=O) groups excluding carboxylic acids is 2. The van der Waals surface area contributed by atoms with Crippen LogP contribution >= 0.6 is 0 Å². The Hall–Kier alpha value is -3.40. The smallest absolute Gasteiger partial charge is 0.242 e. The van der Waals surface area contributed by atoms with E-state index in [2.05, 4.69) is 29.6 Å². The van der Waals surface area contributed by atoms with Crippen molar-refractivity contribution in [3.8, 4) is 0 Å². The molecule has 0 bridgehead atoms. The van der Waals surface area contributed by atoms with Crippen molar-refractivity contribution in [1.82, 2.24) is 10.2 Å². The van der Waals surface area contributed by atoms with Gasteiger partial charge in [-0.2, -0.15) is 0 Å². The van der Waals surface area contributed by atoms with Gasteiger partial charge >= 0.3 is 0 Å². The zero-order chi connectivity index (χ0) is 23.6. The van der Waals surface area contributed by atoms with Gasteiger partial charge in [0.15, 0.2) is 0 Å². The molecular weight excluding hydrogens is 408 g/mol. The molecule has 172 valence electrons. The van der Waals surface area contributed by atoms with Crippen LogP contribution in [0.2, 0.25) is 0 Å². The minimum atomic E-state index is -0.570. The average molecular weight is 443 g/mol. The van der Waals surface area contributed by atoms with Crippen LogP contribution in [0.1, 0.15) is 56.2 Å². The third-order valence-corrected chi connectivity index (χ3v) is 6.15. The number of carbonyl (C=O) groups is 2. The average Bonchev–Trinajstić information content (AvgIpc) is 2.86. The summed E-state index contributed by atoms with van der Waals surface area (Å²) in [5, 5.41) is 3.03. The molecule has 0 aliphatic heterocycles. The molecule has 0 saturated heterocycles. The first-order chi connectivity index (χ1) is 16.0. The maximum atomic E-state index is 13.8. The van der Waals surface area contributed by atoms with Crippen LogP contribution in [-0.2, 0) is 16.1 Å². The quantitative estimate of drug-likeness (QED) is 0.448. The van der Waals surface area contributed by atoms with E-state index in [1.807, 2.05) is 87.5 Å². The molecule has 3 aromatic carbocycles. The van der Waals surface area contributed by atoms with Gasteiger partial charge in [0.05, 0.1) is 0 Å². The van der Waals surface area contributed by atoms with E-state index < -0.39 is 6.04 Å². The molecule has 3 aromatic rings. The molecule has 0 radical (unpaired) electrons. The summed E-state index contributed by atoms with van der Waals surface area (Å²) in [6, 6.07) is 29.6. The van der Waals surface area contributed by atoms with Gasteiger partial charge in [0.1, 0.15) is 6.04 Å². The third-order valence-electron chi connectivity index (χ3n) is 6.15. The summed E-state index contributed by atoms with van der Waals surface area (Å²) in [5.74, 6) is -0.240. The van der Waals surface area contributed by atoms with Crippen LogP contribution in [0, 0.1) is 0 Å². The first-order valence-electron chi connectivity index (χ1n) is 11.7. The fourth-order valence-corrected chi connectivity index (χ4v) is 3.92. The maximum absolute atomic E-state index is 13.8. The van der Waals surface area contributed by atoms with E-state index in [-0.39, 0.29) is 23.8 Å². The van der Waals surface area contributed by atoms with Crippen molar-refractivity contribution in [3.63, 3.8) is 0 Å². The van der Waals surface area contributed by atoms with Gasteiger partial charge in [-0.15, -0.1) is 0 Å². The highest BCUT2D eigenvalue weighted by Crippen LogP contribution is 2.29. The van der Waals surface area contributed by atoms with Gasteiger partial charge in [-0.3, -0.25) is 9.59 Å². The second-order valence-electron chi connectivity index (χ2n) is 8.58. The summed E-state index contributed by atoms with van der Waals surface area (Å²) in [5.41, 5.74) is 3.19. The lowest BCUT2D eigenvalue weighted by molar-refractivity contribution is -0.141. The van der Waals surface area contributed by atoms with Crippen molar-refractivity contribution in [1.29, 1.82) is 0 Å². The van der Waals surface area contributed by atoms with Crippen LogP contribution in [0.5, 0.6) is 0 Å². The van der Waals surface area contributed by atoms with Gasteiger partial charge in [-0.25, -0.2) is 0 Å². The van der Waals surface area contributed by atoms with Crippen molar-refractivity contribution in [2.24, 2.45) is 0 Å². The SMILES string of the molecule is CCC(C)NC(=O)C(C)N(Cc1ccccc1)C(=O)CC(c1ccccc1)c1ccccc1. The van der Waals surface area contributed by atoms with E-state index >= 15 is 0 Å². The van der Waals surface area contributed by atoms with Gasteiger partial charge in [0.2, 0.25) is 11.8 Å². The van der Waals surface area contributed by atoms with Crippen LogP contribution in [0.3, 0.4) is 0 Å². The standard InChI is InChI=1S/C29H34N2O2/c1-4-22(2)30-29(33)23(3)31(21-24-14-8-5-9-15-24)28(32)20-27(25-16-10-6-11-17-25)26-18-12-7-13-19-26/h5-19,22-23,27H,4,20-21H2,1-3H3,(H,30,33). The monoisotopic (exact) mass is 442 g/mol. The molecule has 2 atom stereocenters.